The van der Waals surface area contributed by atoms with Gasteiger partial charge in [-0.25, -0.2) is 0 Å². The summed E-state index contributed by atoms with van der Waals surface area (Å²) in [5, 5.41) is 3.76. The van der Waals surface area contributed by atoms with E-state index in [1.54, 1.807) is 0 Å². The zero-order valence-electron chi connectivity index (χ0n) is 8.56. The molecular weight excluding hydrogens is 184 g/mol. The quantitative estimate of drug-likeness (QED) is 0.699. The van der Waals surface area contributed by atoms with Gasteiger partial charge in [0.05, 0.1) is 0 Å². The molecule has 2 heteroatoms. The van der Waals surface area contributed by atoms with Gasteiger partial charge in [0.15, 0.2) is 0 Å². The highest BCUT2D eigenvalue weighted by molar-refractivity contribution is 5.37. The van der Waals surface area contributed by atoms with E-state index in [9.17, 15) is 0 Å². The topological polar surface area (TPSA) is 24.9 Å². The summed E-state index contributed by atoms with van der Waals surface area (Å²) in [7, 11) is 0. The fourth-order valence-electron chi connectivity index (χ4n) is 3.52. The summed E-state index contributed by atoms with van der Waals surface area (Å²) in [6.07, 6.45) is 11.4. The van der Waals surface area contributed by atoms with Gasteiger partial charge in [0.1, 0.15) is 0 Å². The molecule has 3 aliphatic rings. The van der Waals surface area contributed by atoms with Crippen molar-refractivity contribution in [3.8, 4) is 0 Å². The number of rotatable bonds is 1. The first kappa shape index (κ1) is 8.05. The van der Waals surface area contributed by atoms with Crippen LogP contribution in [0.15, 0.2) is 36.7 Å². The molecule has 1 saturated carbocycles. The van der Waals surface area contributed by atoms with Gasteiger partial charge in [-0.2, -0.15) is 0 Å². The van der Waals surface area contributed by atoms with Gasteiger partial charge in [-0.1, -0.05) is 18.2 Å². The first-order valence-corrected chi connectivity index (χ1v) is 5.75. The average Bonchev–Trinajstić information content (AvgIpc) is 2.35. The largest absolute Gasteiger partial charge is 0.306 e. The van der Waals surface area contributed by atoms with Crippen molar-refractivity contribution in [2.75, 3.05) is 0 Å². The van der Waals surface area contributed by atoms with Crippen LogP contribution in [0.2, 0.25) is 0 Å². The number of hydrogen-bond acceptors (Lipinski definition) is 2. The van der Waals surface area contributed by atoms with Crippen LogP contribution in [0.5, 0.6) is 0 Å². The molecule has 1 aromatic heterocycles. The van der Waals surface area contributed by atoms with Gasteiger partial charge in [-0.3, -0.25) is 4.98 Å². The molecule has 2 fully saturated rings. The summed E-state index contributed by atoms with van der Waals surface area (Å²) >= 11 is 0. The summed E-state index contributed by atoms with van der Waals surface area (Å²) in [6.45, 7) is 0. The Bertz CT molecular complexity index is 425. The van der Waals surface area contributed by atoms with Gasteiger partial charge in [0.25, 0.3) is 0 Å². The van der Waals surface area contributed by atoms with Crippen molar-refractivity contribution in [3.05, 3.63) is 42.2 Å². The van der Waals surface area contributed by atoms with Crippen molar-refractivity contribution in [3.63, 3.8) is 0 Å². The predicted molar refractivity (Wildman–Crippen MR) is 58.2 cm³/mol. The van der Waals surface area contributed by atoms with Crippen molar-refractivity contribution in [1.29, 1.82) is 0 Å². The highest BCUT2D eigenvalue weighted by atomic mass is 15.1. The summed E-state index contributed by atoms with van der Waals surface area (Å²) in [4.78, 5) is 4.22. The molecular formula is C13H14N2. The maximum atomic E-state index is 4.22. The zero-order valence-corrected chi connectivity index (χ0v) is 8.56. The summed E-state index contributed by atoms with van der Waals surface area (Å²) in [5.41, 5.74) is 1.88. The van der Waals surface area contributed by atoms with E-state index < -0.39 is 0 Å². The Balaban J connectivity index is 1.73. The molecule has 15 heavy (non-hydrogen) atoms. The van der Waals surface area contributed by atoms with Gasteiger partial charge in [-0.05, 0) is 24.5 Å². The van der Waals surface area contributed by atoms with Gasteiger partial charge in [0.2, 0.25) is 0 Å². The smallest absolute Gasteiger partial charge is 0.0410 e. The third kappa shape index (κ3) is 0.824. The van der Waals surface area contributed by atoms with Gasteiger partial charge in [0, 0.05) is 35.8 Å². The maximum Gasteiger partial charge on any atom is 0.0410 e. The number of aromatic nitrogens is 1. The van der Waals surface area contributed by atoms with Crippen LogP contribution in [-0.4, -0.2) is 11.0 Å². The van der Waals surface area contributed by atoms with Gasteiger partial charge < -0.3 is 5.32 Å². The lowest BCUT2D eigenvalue weighted by atomic mass is 9.53. The Kier molecular flexibility index (Phi) is 1.34. The van der Waals surface area contributed by atoms with E-state index in [0.717, 1.165) is 12.0 Å². The molecule has 0 aromatic carbocycles. The fraction of sp³-hybridized carbons (Fsp3) is 0.462. The normalized spacial score (nSPS) is 45.2. The van der Waals surface area contributed by atoms with Gasteiger partial charge in [-0.15, -0.1) is 0 Å². The molecule has 0 radical (unpaired) electrons. The number of hydrogen-bond donors (Lipinski definition) is 1. The summed E-state index contributed by atoms with van der Waals surface area (Å²) < 4.78 is 0. The molecule has 4 rings (SSSR count). The molecule has 4 unspecified atom stereocenters. The maximum absolute atomic E-state index is 4.22. The zero-order chi connectivity index (χ0) is 9.88. The molecule has 2 aliphatic carbocycles. The Morgan fingerprint density at radius 3 is 3.00 bits per heavy atom. The molecule has 1 saturated heterocycles. The average molecular weight is 198 g/mol. The SMILES string of the molecule is C1=CC23CCC2NC(c2cccnc2)C13. The summed E-state index contributed by atoms with van der Waals surface area (Å²) in [6, 6.07) is 5.47. The Hall–Kier alpha value is -1.15. The van der Waals surface area contributed by atoms with Crippen LogP contribution in [0.1, 0.15) is 24.4 Å². The van der Waals surface area contributed by atoms with E-state index >= 15 is 0 Å². The number of nitrogens with zero attached hydrogens (tertiary/aromatic N) is 1. The lowest BCUT2D eigenvalue weighted by Gasteiger charge is -2.50. The minimum Gasteiger partial charge on any atom is -0.306 e. The molecule has 1 aliphatic heterocycles. The number of nitrogens with one attached hydrogen (secondary N) is 1. The van der Waals surface area contributed by atoms with Crippen molar-refractivity contribution in [2.45, 2.75) is 24.9 Å². The van der Waals surface area contributed by atoms with E-state index in [2.05, 4.69) is 28.5 Å². The van der Waals surface area contributed by atoms with Crippen molar-refractivity contribution in [2.24, 2.45) is 11.3 Å². The second-order valence-electron chi connectivity index (χ2n) is 5.02. The van der Waals surface area contributed by atoms with Crippen molar-refractivity contribution < 1.29 is 0 Å². The second-order valence-corrected chi connectivity index (χ2v) is 5.02. The van der Waals surface area contributed by atoms with Crippen LogP contribution in [0.3, 0.4) is 0 Å². The van der Waals surface area contributed by atoms with Crippen LogP contribution >= 0.6 is 0 Å². The molecule has 0 bridgehead atoms. The van der Waals surface area contributed by atoms with Crippen LogP contribution in [0.4, 0.5) is 0 Å². The molecule has 2 heterocycles. The van der Waals surface area contributed by atoms with Crippen molar-refractivity contribution in [1.82, 2.24) is 10.3 Å². The molecule has 1 aromatic rings. The molecule has 1 spiro atoms. The van der Waals surface area contributed by atoms with Crippen molar-refractivity contribution >= 4 is 0 Å². The monoisotopic (exact) mass is 198 g/mol. The highest BCUT2D eigenvalue weighted by Crippen LogP contribution is 2.63. The van der Waals surface area contributed by atoms with Crippen LogP contribution in [0.25, 0.3) is 0 Å². The van der Waals surface area contributed by atoms with E-state index in [1.807, 2.05) is 18.5 Å². The summed E-state index contributed by atoms with van der Waals surface area (Å²) in [5.74, 6) is 0.723. The van der Waals surface area contributed by atoms with E-state index in [-0.39, 0.29) is 0 Å². The lowest BCUT2D eigenvalue weighted by Crippen LogP contribution is -2.49. The van der Waals surface area contributed by atoms with Crippen LogP contribution in [0, 0.1) is 11.3 Å². The Morgan fingerprint density at radius 2 is 2.47 bits per heavy atom. The van der Waals surface area contributed by atoms with Crippen LogP contribution < -0.4 is 5.32 Å². The predicted octanol–water partition coefficient (Wildman–Crippen LogP) is 2.06. The lowest BCUT2D eigenvalue weighted by molar-refractivity contribution is 0.118. The van der Waals surface area contributed by atoms with E-state index in [0.29, 0.717) is 11.5 Å². The Morgan fingerprint density at radius 1 is 1.47 bits per heavy atom. The van der Waals surface area contributed by atoms with Crippen LogP contribution in [-0.2, 0) is 0 Å². The molecule has 0 amide bonds. The minimum absolute atomic E-state index is 0.510. The molecule has 76 valence electrons. The van der Waals surface area contributed by atoms with Gasteiger partial charge >= 0.3 is 0 Å². The third-order valence-corrected chi connectivity index (χ3v) is 4.53. The minimum atomic E-state index is 0.510. The molecule has 4 atom stereocenters. The second kappa shape index (κ2) is 2.50. The molecule has 2 nitrogen and oxygen atoms in total. The number of pyridine rings is 1. The standard InChI is InChI=1S/C13H14N2/c1-2-9(8-14-7-1)12-10-3-5-13(10)6-4-11(13)15-12/h1-3,5,7-8,10-12,15H,4,6H2. The highest BCUT2D eigenvalue weighted by Gasteiger charge is 2.61. The van der Waals surface area contributed by atoms with E-state index in [4.69, 9.17) is 0 Å². The first-order valence-electron chi connectivity index (χ1n) is 5.75. The van der Waals surface area contributed by atoms with E-state index in [1.165, 1.54) is 18.4 Å². The first-order chi connectivity index (χ1) is 7.40. The third-order valence-electron chi connectivity index (χ3n) is 4.53. The fourth-order valence-corrected chi connectivity index (χ4v) is 3.52. The Labute approximate surface area is 89.4 Å². The molecule has 1 N–H and O–H groups in total.